The monoisotopic (exact) mass is 502 g/mol. The van der Waals surface area contributed by atoms with Crippen LogP contribution in [0.25, 0.3) is 0 Å². The second-order valence-corrected chi connectivity index (χ2v) is 9.90. The third kappa shape index (κ3) is 4.50. The zero-order valence-corrected chi connectivity index (χ0v) is 20.6. The maximum Gasteiger partial charge on any atom is 0.229 e. The predicted octanol–water partition coefficient (Wildman–Crippen LogP) is 1.57. The quantitative estimate of drug-likeness (QED) is 0.465. The second kappa shape index (κ2) is 10.3. The van der Waals surface area contributed by atoms with Gasteiger partial charge >= 0.3 is 0 Å². The first-order valence-electron chi connectivity index (χ1n) is 12.3. The van der Waals surface area contributed by atoms with E-state index >= 15 is 0 Å². The van der Waals surface area contributed by atoms with Crippen LogP contribution < -0.4 is 9.47 Å². The molecule has 36 heavy (non-hydrogen) atoms. The summed E-state index contributed by atoms with van der Waals surface area (Å²) in [5, 5.41) is 39.7. The van der Waals surface area contributed by atoms with Gasteiger partial charge in [-0.2, -0.15) is 0 Å². The van der Waals surface area contributed by atoms with E-state index in [2.05, 4.69) is 12.1 Å². The summed E-state index contributed by atoms with van der Waals surface area (Å²) >= 11 is 0. The molecule has 3 fully saturated rings. The molecule has 4 unspecified atom stereocenters. The Labute approximate surface area is 210 Å². The summed E-state index contributed by atoms with van der Waals surface area (Å²) in [4.78, 5) is 0. The highest BCUT2D eigenvalue weighted by atomic mass is 16.7. The van der Waals surface area contributed by atoms with E-state index in [1.165, 1.54) is 0 Å². The SMILES string of the molecule is COc1ccc([C@H]2OCC3C2CO[C@H]3c2ccc(O[C@@H]3OC(CO)[C@@H](O)[C@H](O)C3O)c(C)c2)cc1C. The summed E-state index contributed by atoms with van der Waals surface area (Å²) in [6.07, 6.45) is -6.78. The van der Waals surface area contributed by atoms with Crippen LogP contribution in [0, 0.1) is 25.7 Å². The van der Waals surface area contributed by atoms with Crippen molar-refractivity contribution in [1.82, 2.24) is 0 Å². The number of aryl methyl sites for hydroxylation is 2. The van der Waals surface area contributed by atoms with Gasteiger partial charge in [-0.25, -0.2) is 0 Å². The lowest BCUT2D eigenvalue weighted by molar-refractivity contribution is -0.277. The van der Waals surface area contributed by atoms with Gasteiger partial charge in [-0.1, -0.05) is 12.1 Å². The summed E-state index contributed by atoms with van der Waals surface area (Å²) in [5.74, 6) is 1.78. The van der Waals surface area contributed by atoms with Gasteiger partial charge in [-0.3, -0.25) is 0 Å². The summed E-state index contributed by atoms with van der Waals surface area (Å²) in [6.45, 7) is 4.60. The molecular formula is C27H34O9. The van der Waals surface area contributed by atoms with Crippen LogP contribution in [-0.2, 0) is 14.2 Å². The van der Waals surface area contributed by atoms with Crippen molar-refractivity contribution in [1.29, 1.82) is 0 Å². The van der Waals surface area contributed by atoms with Gasteiger partial charge in [0.05, 0.1) is 39.1 Å². The average Bonchev–Trinajstić information content (AvgIpc) is 3.48. The molecule has 196 valence electrons. The number of ether oxygens (including phenoxy) is 5. The summed E-state index contributed by atoms with van der Waals surface area (Å²) in [6, 6.07) is 11.8. The van der Waals surface area contributed by atoms with Gasteiger partial charge < -0.3 is 44.1 Å². The Morgan fingerprint density at radius 1 is 0.806 bits per heavy atom. The van der Waals surface area contributed by atoms with Crippen LogP contribution in [0.4, 0.5) is 0 Å². The molecule has 0 spiro atoms. The molecule has 5 rings (SSSR count). The lowest BCUT2D eigenvalue weighted by Gasteiger charge is -2.39. The van der Waals surface area contributed by atoms with Crippen LogP contribution in [0.5, 0.6) is 11.5 Å². The van der Waals surface area contributed by atoms with Crippen molar-refractivity contribution < 1.29 is 44.1 Å². The molecule has 0 amide bonds. The van der Waals surface area contributed by atoms with Crippen LogP contribution in [0.2, 0.25) is 0 Å². The Morgan fingerprint density at radius 3 is 1.86 bits per heavy atom. The molecule has 3 aliphatic rings. The molecule has 9 heteroatoms. The molecule has 2 aromatic rings. The van der Waals surface area contributed by atoms with E-state index in [-0.39, 0.29) is 24.0 Å². The minimum atomic E-state index is -1.49. The van der Waals surface area contributed by atoms with Gasteiger partial charge in [-0.05, 0) is 60.4 Å². The molecule has 0 radical (unpaired) electrons. The number of aliphatic hydroxyl groups excluding tert-OH is 4. The smallest absolute Gasteiger partial charge is 0.229 e. The topological polar surface area (TPSA) is 127 Å². The molecule has 0 aliphatic carbocycles. The van der Waals surface area contributed by atoms with Gasteiger partial charge in [-0.15, -0.1) is 0 Å². The van der Waals surface area contributed by atoms with E-state index in [1.807, 2.05) is 32.0 Å². The minimum absolute atomic E-state index is 0.0282. The Hall–Kier alpha value is -2.24. The lowest BCUT2D eigenvalue weighted by Crippen LogP contribution is -2.60. The Kier molecular flexibility index (Phi) is 7.24. The fraction of sp³-hybridized carbons (Fsp3) is 0.556. The summed E-state index contributed by atoms with van der Waals surface area (Å²) < 4.78 is 29.2. The number of hydrogen-bond acceptors (Lipinski definition) is 9. The Bertz CT molecular complexity index is 1070. The van der Waals surface area contributed by atoms with Crippen LogP contribution in [0.1, 0.15) is 34.5 Å². The molecule has 9 atom stereocenters. The van der Waals surface area contributed by atoms with Gasteiger partial charge in [0.1, 0.15) is 35.9 Å². The van der Waals surface area contributed by atoms with Crippen LogP contribution in [0.15, 0.2) is 36.4 Å². The van der Waals surface area contributed by atoms with Gasteiger partial charge in [0.15, 0.2) is 0 Å². The third-order valence-electron chi connectivity index (χ3n) is 7.63. The number of methoxy groups -OCH3 is 1. The minimum Gasteiger partial charge on any atom is -0.496 e. The maximum absolute atomic E-state index is 10.3. The highest BCUT2D eigenvalue weighted by Gasteiger charge is 2.48. The zero-order valence-electron chi connectivity index (χ0n) is 20.6. The zero-order chi connectivity index (χ0) is 25.6. The van der Waals surface area contributed by atoms with Gasteiger partial charge in [0.2, 0.25) is 6.29 Å². The van der Waals surface area contributed by atoms with Crippen LogP contribution >= 0.6 is 0 Å². The first kappa shape index (κ1) is 25.4. The summed E-state index contributed by atoms with van der Waals surface area (Å²) in [7, 11) is 1.67. The van der Waals surface area contributed by atoms with Crippen molar-refractivity contribution in [2.75, 3.05) is 26.9 Å². The van der Waals surface area contributed by atoms with E-state index in [1.54, 1.807) is 13.2 Å². The van der Waals surface area contributed by atoms with Crippen molar-refractivity contribution >= 4 is 0 Å². The van der Waals surface area contributed by atoms with Crippen LogP contribution in [0.3, 0.4) is 0 Å². The standard InChI is InChI=1S/C27H34O9/c1-13-8-15(4-6-19(13)32-3)25-17-11-34-26(18(17)12-33-25)16-5-7-20(14(2)9-16)35-27-24(31)23(30)22(29)21(10-28)36-27/h4-9,17-18,21-31H,10-12H2,1-3H3/t17?,18?,21?,22-,23+,24?,25-,26+,27-/m1/s1. The predicted molar refractivity (Wildman–Crippen MR) is 128 cm³/mol. The third-order valence-corrected chi connectivity index (χ3v) is 7.63. The first-order chi connectivity index (χ1) is 17.3. The van der Waals surface area contributed by atoms with E-state index in [9.17, 15) is 20.4 Å². The average molecular weight is 503 g/mol. The van der Waals surface area contributed by atoms with Crippen molar-refractivity contribution in [3.63, 3.8) is 0 Å². The molecule has 9 nitrogen and oxygen atoms in total. The number of hydrogen-bond donors (Lipinski definition) is 4. The maximum atomic E-state index is 10.3. The first-order valence-corrected chi connectivity index (χ1v) is 12.3. The van der Waals surface area contributed by atoms with E-state index in [4.69, 9.17) is 23.7 Å². The fourth-order valence-corrected chi connectivity index (χ4v) is 5.58. The Balaban J connectivity index is 1.28. The van der Waals surface area contributed by atoms with Gasteiger partial charge in [0.25, 0.3) is 0 Å². The molecule has 3 saturated heterocycles. The summed E-state index contributed by atoms with van der Waals surface area (Å²) in [5.41, 5.74) is 4.02. The van der Waals surface area contributed by atoms with Crippen molar-refractivity contribution in [2.24, 2.45) is 11.8 Å². The molecular weight excluding hydrogens is 468 g/mol. The molecule has 4 N–H and O–H groups in total. The van der Waals surface area contributed by atoms with Crippen molar-refractivity contribution in [3.05, 3.63) is 58.7 Å². The van der Waals surface area contributed by atoms with E-state index in [0.29, 0.717) is 19.0 Å². The number of fused-ring (bicyclic) bond motifs is 1. The molecule has 2 aromatic carbocycles. The largest absolute Gasteiger partial charge is 0.496 e. The molecule has 3 aliphatic heterocycles. The van der Waals surface area contributed by atoms with E-state index < -0.39 is 37.3 Å². The second-order valence-electron chi connectivity index (χ2n) is 9.90. The van der Waals surface area contributed by atoms with Gasteiger partial charge in [0, 0.05) is 11.8 Å². The van der Waals surface area contributed by atoms with Crippen molar-refractivity contribution in [3.8, 4) is 11.5 Å². The Morgan fingerprint density at radius 2 is 1.36 bits per heavy atom. The fourth-order valence-electron chi connectivity index (χ4n) is 5.58. The van der Waals surface area contributed by atoms with E-state index in [0.717, 1.165) is 28.0 Å². The normalized spacial score (nSPS) is 36.0. The molecule has 0 saturated carbocycles. The number of aliphatic hydroxyl groups is 4. The lowest BCUT2D eigenvalue weighted by atomic mass is 9.84. The highest BCUT2D eigenvalue weighted by Crippen LogP contribution is 2.50. The van der Waals surface area contributed by atoms with Crippen LogP contribution in [-0.4, -0.2) is 78.1 Å². The molecule has 3 heterocycles. The number of benzene rings is 2. The molecule has 0 bridgehead atoms. The number of rotatable bonds is 6. The van der Waals surface area contributed by atoms with Crippen molar-refractivity contribution in [2.45, 2.75) is 56.8 Å². The highest BCUT2D eigenvalue weighted by molar-refractivity contribution is 5.39. The molecule has 0 aromatic heterocycles.